The van der Waals surface area contributed by atoms with E-state index in [1.807, 2.05) is 20.0 Å². The summed E-state index contributed by atoms with van der Waals surface area (Å²) in [5.41, 5.74) is 5.80. The number of nitrogens with two attached hydrogens (primary N) is 1. The quantitative estimate of drug-likeness (QED) is 0.786. The highest BCUT2D eigenvalue weighted by Crippen LogP contribution is 2.29. The van der Waals surface area contributed by atoms with Gasteiger partial charge in [0.05, 0.1) is 0 Å². The third kappa shape index (κ3) is 4.35. The molecule has 1 unspecified atom stereocenters. The summed E-state index contributed by atoms with van der Waals surface area (Å²) in [6.07, 6.45) is 7.06. The largest absolute Gasteiger partial charge is 0.370 e. The third-order valence-electron chi connectivity index (χ3n) is 3.69. The number of aromatic nitrogens is 2. The molecule has 1 fully saturated rings. The van der Waals surface area contributed by atoms with E-state index in [0.29, 0.717) is 0 Å². The van der Waals surface area contributed by atoms with Crippen LogP contribution in [-0.4, -0.2) is 36.1 Å². The lowest BCUT2D eigenvalue weighted by Gasteiger charge is -2.25. The average Bonchev–Trinajstić information content (AvgIpc) is 2.32. The summed E-state index contributed by atoms with van der Waals surface area (Å²) >= 11 is 0. The van der Waals surface area contributed by atoms with Crippen LogP contribution in [0, 0.1) is 5.92 Å². The first kappa shape index (κ1) is 14.1. The molecule has 1 aromatic rings. The molecule has 5 heteroatoms. The molecule has 106 valence electrons. The predicted octanol–water partition coefficient (Wildman–Crippen LogP) is 1.86. The van der Waals surface area contributed by atoms with Crippen LogP contribution in [0.3, 0.4) is 0 Å². The molecule has 3 N–H and O–H groups in total. The summed E-state index contributed by atoms with van der Waals surface area (Å²) < 4.78 is 0. The lowest BCUT2D eigenvalue weighted by atomic mass is 9.83. The van der Waals surface area contributed by atoms with Crippen LogP contribution in [0.4, 0.5) is 11.6 Å². The fourth-order valence-corrected chi connectivity index (χ4v) is 2.36. The Morgan fingerprint density at radius 1 is 1.47 bits per heavy atom. The van der Waals surface area contributed by atoms with E-state index >= 15 is 0 Å². The molecule has 1 heterocycles. The van der Waals surface area contributed by atoms with Crippen molar-refractivity contribution >= 4 is 11.6 Å². The summed E-state index contributed by atoms with van der Waals surface area (Å²) in [6.45, 7) is 3.78. The van der Waals surface area contributed by atoms with Crippen LogP contribution in [0.15, 0.2) is 12.4 Å². The molecule has 0 bridgehead atoms. The Morgan fingerprint density at radius 3 is 2.89 bits per heavy atom. The monoisotopic (exact) mass is 263 g/mol. The first-order valence-corrected chi connectivity index (χ1v) is 7.18. The molecule has 1 saturated carbocycles. The van der Waals surface area contributed by atoms with Crippen LogP contribution in [0.5, 0.6) is 0 Å². The Balaban J connectivity index is 1.83. The highest BCUT2D eigenvalue weighted by Gasteiger charge is 2.16. The molecule has 0 radical (unpaired) electrons. The zero-order valence-corrected chi connectivity index (χ0v) is 12.0. The molecule has 0 spiro atoms. The molecule has 5 nitrogen and oxygen atoms in total. The summed E-state index contributed by atoms with van der Waals surface area (Å²) in [7, 11) is 2.00. The minimum absolute atomic E-state index is 0.134. The van der Waals surface area contributed by atoms with Gasteiger partial charge in [0.2, 0.25) is 0 Å². The molecular weight excluding hydrogens is 238 g/mol. The minimum Gasteiger partial charge on any atom is -0.370 e. The number of hydrogen-bond acceptors (Lipinski definition) is 5. The average molecular weight is 263 g/mol. The topological polar surface area (TPSA) is 67.1 Å². The van der Waals surface area contributed by atoms with E-state index in [9.17, 15) is 0 Å². The molecule has 0 saturated heterocycles. The molecule has 2 rings (SSSR count). The molecule has 0 aromatic carbocycles. The van der Waals surface area contributed by atoms with Crippen molar-refractivity contribution in [1.82, 2.24) is 9.97 Å². The van der Waals surface area contributed by atoms with Crippen molar-refractivity contribution in [2.45, 2.75) is 38.6 Å². The van der Waals surface area contributed by atoms with Gasteiger partial charge in [-0.3, -0.25) is 0 Å². The summed E-state index contributed by atoms with van der Waals surface area (Å²) in [5.74, 6) is 2.74. The second kappa shape index (κ2) is 6.70. The van der Waals surface area contributed by atoms with Gasteiger partial charge in [0.1, 0.15) is 18.0 Å². The van der Waals surface area contributed by atoms with Gasteiger partial charge in [0.25, 0.3) is 0 Å². The maximum Gasteiger partial charge on any atom is 0.133 e. The molecule has 19 heavy (non-hydrogen) atoms. The smallest absolute Gasteiger partial charge is 0.133 e. The first-order valence-electron chi connectivity index (χ1n) is 7.18. The predicted molar refractivity (Wildman–Crippen MR) is 79.4 cm³/mol. The Labute approximate surface area is 115 Å². The lowest BCUT2D eigenvalue weighted by Crippen LogP contribution is -2.33. The molecule has 1 aliphatic rings. The number of nitrogens with one attached hydrogen (secondary N) is 1. The Bertz CT molecular complexity index is 389. The van der Waals surface area contributed by atoms with Crippen LogP contribution >= 0.6 is 0 Å². The van der Waals surface area contributed by atoms with Gasteiger partial charge in [-0.05, 0) is 19.3 Å². The van der Waals surface area contributed by atoms with E-state index in [4.69, 9.17) is 5.73 Å². The van der Waals surface area contributed by atoms with Gasteiger partial charge >= 0.3 is 0 Å². The van der Waals surface area contributed by atoms with Crippen molar-refractivity contribution in [2.24, 2.45) is 11.7 Å². The van der Waals surface area contributed by atoms with Gasteiger partial charge in [0, 0.05) is 32.2 Å². The van der Waals surface area contributed by atoms with E-state index in [0.717, 1.165) is 30.6 Å². The van der Waals surface area contributed by atoms with Crippen LogP contribution in [0.1, 0.15) is 32.6 Å². The number of hydrogen-bond donors (Lipinski definition) is 2. The van der Waals surface area contributed by atoms with Gasteiger partial charge < -0.3 is 16.0 Å². The highest BCUT2D eigenvalue weighted by atomic mass is 15.2. The molecule has 0 aliphatic heterocycles. The van der Waals surface area contributed by atoms with E-state index < -0.39 is 0 Å². The normalized spacial score (nSPS) is 16.8. The van der Waals surface area contributed by atoms with Crippen molar-refractivity contribution in [3.8, 4) is 0 Å². The maximum atomic E-state index is 5.80. The van der Waals surface area contributed by atoms with Gasteiger partial charge in [-0.1, -0.05) is 19.3 Å². The zero-order valence-electron chi connectivity index (χ0n) is 12.0. The highest BCUT2D eigenvalue weighted by molar-refractivity contribution is 5.47. The van der Waals surface area contributed by atoms with Gasteiger partial charge in [-0.2, -0.15) is 0 Å². The second-order valence-electron chi connectivity index (χ2n) is 5.63. The van der Waals surface area contributed by atoms with Gasteiger partial charge in [0.15, 0.2) is 0 Å². The molecule has 0 amide bonds. The van der Waals surface area contributed by atoms with Crippen LogP contribution in [0.25, 0.3) is 0 Å². The second-order valence-corrected chi connectivity index (χ2v) is 5.63. The third-order valence-corrected chi connectivity index (χ3v) is 3.69. The SMILES string of the molecule is CC(N)CN(C)c1cc(NCCC2CCC2)ncn1. The standard InChI is InChI=1S/C14H25N5/c1-11(15)9-19(2)14-8-13(17-10-18-14)16-7-6-12-4-3-5-12/h8,10-12H,3-7,9,15H2,1-2H3,(H,16,17,18). The molecule has 1 atom stereocenters. The van der Waals surface area contributed by atoms with E-state index in [1.54, 1.807) is 6.33 Å². The van der Waals surface area contributed by atoms with Crippen molar-refractivity contribution in [3.05, 3.63) is 12.4 Å². The van der Waals surface area contributed by atoms with Crippen molar-refractivity contribution in [2.75, 3.05) is 30.4 Å². The first-order chi connectivity index (χ1) is 9.15. The fourth-order valence-electron chi connectivity index (χ4n) is 2.36. The van der Waals surface area contributed by atoms with Gasteiger partial charge in [-0.15, -0.1) is 0 Å². The van der Waals surface area contributed by atoms with Crippen molar-refractivity contribution in [1.29, 1.82) is 0 Å². The summed E-state index contributed by atoms with van der Waals surface area (Å²) in [6, 6.07) is 2.12. The molecule has 1 aromatic heterocycles. The maximum absolute atomic E-state index is 5.80. The van der Waals surface area contributed by atoms with Crippen LogP contribution in [-0.2, 0) is 0 Å². The van der Waals surface area contributed by atoms with Crippen molar-refractivity contribution in [3.63, 3.8) is 0 Å². The minimum atomic E-state index is 0.134. The fraction of sp³-hybridized carbons (Fsp3) is 0.714. The van der Waals surface area contributed by atoms with Crippen LogP contribution < -0.4 is 16.0 Å². The lowest BCUT2D eigenvalue weighted by molar-refractivity contribution is 0.303. The number of anilines is 2. The number of likely N-dealkylation sites (N-methyl/N-ethyl adjacent to an activating group) is 1. The number of nitrogens with zero attached hydrogens (tertiary/aromatic N) is 3. The summed E-state index contributed by atoms with van der Waals surface area (Å²) in [5, 5.41) is 3.38. The van der Waals surface area contributed by atoms with E-state index in [2.05, 4.69) is 20.2 Å². The van der Waals surface area contributed by atoms with E-state index in [-0.39, 0.29) is 6.04 Å². The zero-order chi connectivity index (χ0) is 13.7. The van der Waals surface area contributed by atoms with Crippen molar-refractivity contribution < 1.29 is 0 Å². The Morgan fingerprint density at radius 2 is 2.26 bits per heavy atom. The Hall–Kier alpha value is -1.36. The molecule has 1 aliphatic carbocycles. The van der Waals surface area contributed by atoms with E-state index in [1.165, 1.54) is 25.7 Å². The Kier molecular flexibility index (Phi) is 4.96. The molecular formula is C14H25N5. The van der Waals surface area contributed by atoms with Gasteiger partial charge in [-0.25, -0.2) is 9.97 Å². The number of rotatable bonds is 7. The van der Waals surface area contributed by atoms with Crippen LogP contribution in [0.2, 0.25) is 0 Å². The summed E-state index contributed by atoms with van der Waals surface area (Å²) in [4.78, 5) is 10.6.